The number of ether oxygens (including phenoxy) is 1. The zero-order valence-electron chi connectivity index (χ0n) is 12.9. The zero-order valence-corrected chi connectivity index (χ0v) is 12.9. The lowest BCUT2D eigenvalue weighted by molar-refractivity contribution is -0.135. The molecule has 0 N–H and O–H groups in total. The van der Waals surface area contributed by atoms with E-state index in [4.69, 9.17) is 4.74 Å². The van der Waals surface area contributed by atoms with Gasteiger partial charge in [-0.05, 0) is 19.9 Å². The normalized spacial score (nSPS) is 23.0. The minimum Gasteiger partial charge on any atom is -0.373 e. The summed E-state index contributed by atoms with van der Waals surface area (Å²) in [4.78, 5) is 15.9. The first-order valence-corrected chi connectivity index (χ1v) is 7.31. The van der Waals surface area contributed by atoms with Crippen molar-refractivity contribution in [2.75, 3.05) is 26.7 Å². The summed E-state index contributed by atoms with van der Waals surface area (Å²) in [6.45, 7) is 6.17. The van der Waals surface area contributed by atoms with Crippen LogP contribution < -0.4 is 0 Å². The van der Waals surface area contributed by atoms with Crippen LogP contribution in [0, 0.1) is 5.82 Å². The van der Waals surface area contributed by atoms with Gasteiger partial charge in [-0.1, -0.05) is 18.2 Å². The number of morpholine rings is 1. The summed E-state index contributed by atoms with van der Waals surface area (Å²) in [5, 5.41) is 0. The molecule has 1 aromatic carbocycles. The maximum absolute atomic E-state index is 13.6. The molecule has 1 amide bonds. The van der Waals surface area contributed by atoms with Gasteiger partial charge in [0.25, 0.3) is 0 Å². The molecular formula is C16H23FN2O2. The van der Waals surface area contributed by atoms with Crippen molar-refractivity contribution in [3.05, 3.63) is 35.6 Å². The van der Waals surface area contributed by atoms with E-state index in [0.717, 1.165) is 13.1 Å². The second-order valence-electron chi connectivity index (χ2n) is 5.79. The van der Waals surface area contributed by atoms with Crippen molar-refractivity contribution in [1.29, 1.82) is 0 Å². The molecule has 21 heavy (non-hydrogen) atoms. The molecule has 0 aliphatic carbocycles. The Bertz CT molecular complexity index is 485. The Morgan fingerprint density at radius 1 is 1.33 bits per heavy atom. The summed E-state index contributed by atoms with van der Waals surface area (Å²) >= 11 is 0. The van der Waals surface area contributed by atoms with Crippen molar-refractivity contribution in [3.63, 3.8) is 0 Å². The standard InChI is InChI=1S/C16H23FN2O2/c1-12-8-19(9-13(2)21-12)11-16(20)18(3)10-14-6-4-5-7-15(14)17/h4-7,12-13H,8-11H2,1-3H3. The quantitative estimate of drug-likeness (QED) is 0.850. The summed E-state index contributed by atoms with van der Waals surface area (Å²) in [6, 6.07) is 6.55. The summed E-state index contributed by atoms with van der Waals surface area (Å²) in [7, 11) is 1.71. The minimum absolute atomic E-state index is 0.000414. The van der Waals surface area contributed by atoms with E-state index >= 15 is 0 Å². The summed E-state index contributed by atoms with van der Waals surface area (Å²) in [5.41, 5.74) is 0.539. The Balaban J connectivity index is 1.89. The van der Waals surface area contributed by atoms with Gasteiger partial charge in [0.2, 0.25) is 5.91 Å². The number of hydrogen-bond acceptors (Lipinski definition) is 3. The van der Waals surface area contributed by atoms with Crippen LogP contribution in [-0.4, -0.2) is 54.6 Å². The lowest BCUT2D eigenvalue weighted by atomic mass is 10.2. The van der Waals surface area contributed by atoms with Crippen molar-refractivity contribution >= 4 is 5.91 Å². The van der Waals surface area contributed by atoms with E-state index in [0.29, 0.717) is 18.7 Å². The number of rotatable bonds is 4. The van der Waals surface area contributed by atoms with Gasteiger partial charge in [-0.15, -0.1) is 0 Å². The lowest BCUT2D eigenvalue weighted by Gasteiger charge is -2.35. The molecule has 2 atom stereocenters. The van der Waals surface area contributed by atoms with E-state index in [9.17, 15) is 9.18 Å². The number of likely N-dealkylation sites (N-methyl/N-ethyl adjacent to an activating group) is 1. The Hall–Kier alpha value is -1.46. The number of hydrogen-bond donors (Lipinski definition) is 0. The SMILES string of the molecule is CC1CN(CC(=O)N(C)Cc2ccccc2F)CC(C)O1. The average Bonchev–Trinajstić information content (AvgIpc) is 2.40. The molecule has 5 heteroatoms. The Morgan fingerprint density at radius 2 is 1.95 bits per heavy atom. The molecule has 2 unspecified atom stereocenters. The van der Waals surface area contributed by atoms with Crippen molar-refractivity contribution < 1.29 is 13.9 Å². The van der Waals surface area contributed by atoms with Crippen LogP contribution in [0.4, 0.5) is 4.39 Å². The Morgan fingerprint density at radius 3 is 2.57 bits per heavy atom. The van der Waals surface area contributed by atoms with Crippen molar-refractivity contribution in [3.8, 4) is 0 Å². The topological polar surface area (TPSA) is 32.8 Å². The van der Waals surface area contributed by atoms with E-state index < -0.39 is 0 Å². The van der Waals surface area contributed by atoms with Crippen LogP contribution in [0.1, 0.15) is 19.4 Å². The average molecular weight is 294 g/mol. The highest BCUT2D eigenvalue weighted by atomic mass is 19.1. The number of amides is 1. The first-order chi connectivity index (χ1) is 9.95. The highest BCUT2D eigenvalue weighted by Gasteiger charge is 2.24. The fourth-order valence-electron chi connectivity index (χ4n) is 2.70. The van der Waals surface area contributed by atoms with Crippen molar-refractivity contribution in [1.82, 2.24) is 9.80 Å². The van der Waals surface area contributed by atoms with Crippen LogP contribution in [0.5, 0.6) is 0 Å². The number of halogens is 1. The van der Waals surface area contributed by atoms with E-state index in [1.165, 1.54) is 6.07 Å². The number of benzene rings is 1. The molecule has 1 heterocycles. The van der Waals surface area contributed by atoms with Gasteiger partial charge in [0.05, 0.1) is 18.8 Å². The molecule has 116 valence electrons. The van der Waals surface area contributed by atoms with Crippen LogP contribution in [0.3, 0.4) is 0 Å². The summed E-state index contributed by atoms with van der Waals surface area (Å²) < 4.78 is 19.3. The smallest absolute Gasteiger partial charge is 0.236 e. The van der Waals surface area contributed by atoms with Gasteiger partial charge in [0.1, 0.15) is 5.82 Å². The molecule has 0 aromatic heterocycles. The lowest BCUT2D eigenvalue weighted by Crippen LogP contribution is -2.49. The van der Waals surface area contributed by atoms with Gasteiger partial charge in [0, 0.05) is 32.2 Å². The zero-order chi connectivity index (χ0) is 15.4. The number of carbonyl (C=O) groups excluding carboxylic acids is 1. The molecule has 1 aromatic rings. The third-order valence-electron chi connectivity index (χ3n) is 3.65. The molecule has 0 radical (unpaired) electrons. The van der Waals surface area contributed by atoms with E-state index in [2.05, 4.69) is 4.90 Å². The summed E-state index contributed by atoms with van der Waals surface area (Å²) in [5.74, 6) is -0.273. The molecule has 1 aliphatic heterocycles. The van der Waals surface area contributed by atoms with E-state index in [-0.39, 0.29) is 23.9 Å². The minimum atomic E-state index is -0.272. The first kappa shape index (κ1) is 15.9. The van der Waals surface area contributed by atoms with Crippen LogP contribution in [0.15, 0.2) is 24.3 Å². The van der Waals surface area contributed by atoms with Crippen LogP contribution in [-0.2, 0) is 16.1 Å². The fourth-order valence-corrected chi connectivity index (χ4v) is 2.70. The predicted molar refractivity (Wildman–Crippen MR) is 79.3 cm³/mol. The second kappa shape index (κ2) is 7.00. The molecule has 1 aliphatic rings. The van der Waals surface area contributed by atoms with Crippen molar-refractivity contribution in [2.45, 2.75) is 32.6 Å². The monoisotopic (exact) mass is 294 g/mol. The van der Waals surface area contributed by atoms with Gasteiger partial charge in [-0.2, -0.15) is 0 Å². The molecular weight excluding hydrogens is 271 g/mol. The molecule has 0 bridgehead atoms. The molecule has 1 fully saturated rings. The highest BCUT2D eigenvalue weighted by Crippen LogP contribution is 2.12. The third kappa shape index (κ3) is 4.51. The molecule has 2 rings (SSSR count). The molecule has 0 spiro atoms. The molecule has 1 saturated heterocycles. The van der Waals surface area contributed by atoms with E-state index in [1.807, 2.05) is 13.8 Å². The van der Waals surface area contributed by atoms with Crippen LogP contribution in [0.25, 0.3) is 0 Å². The first-order valence-electron chi connectivity index (χ1n) is 7.31. The maximum atomic E-state index is 13.6. The molecule has 0 saturated carbocycles. The largest absolute Gasteiger partial charge is 0.373 e. The fraction of sp³-hybridized carbons (Fsp3) is 0.562. The Labute approximate surface area is 125 Å². The number of carbonyl (C=O) groups is 1. The van der Waals surface area contributed by atoms with Gasteiger partial charge >= 0.3 is 0 Å². The van der Waals surface area contributed by atoms with Crippen molar-refractivity contribution in [2.24, 2.45) is 0 Å². The Kier molecular flexibility index (Phi) is 5.31. The van der Waals surface area contributed by atoms with Gasteiger partial charge < -0.3 is 9.64 Å². The maximum Gasteiger partial charge on any atom is 0.236 e. The third-order valence-corrected chi connectivity index (χ3v) is 3.65. The van der Waals surface area contributed by atoms with Gasteiger partial charge in [0.15, 0.2) is 0 Å². The number of nitrogens with zero attached hydrogens (tertiary/aromatic N) is 2. The van der Waals surface area contributed by atoms with E-state index in [1.54, 1.807) is 30.1 Å². The van der Waals surface area contributed by atoms with Crippen LogP contribution >= 0.6 is 0 Å². The highest BCUT2D eigenvalue weighted by molar-refractivity contribution is 5.78. The molecule has 4 nitrogen and oxygen atoms in total. The van der Waals surface area contributed by atoms with Gasteiger partial charge in [-0.25, -0.2) is 4.39 Å². The summed E-state index contributed by atoms with van der Waals surface area (Å²) in [6.07, 6.45) is 0.275. The predicted octanol–water partition coefficient (Wildman–Crippen LogP) is 1.89. The van der Waals surface area contributed by atoms with Crippen LogP contribution in [0.2, 0.25) is 0 Å². The van der Waals surface area contributed by atoms with Gasteiger partial charge in [-0.3, -0.25) is 9.69 Å². The second-order valence-corrected chi connectivity index (χ2v) is 5.79.